The van der Waals surface area contributed by atoms with E-state index in [4.69, 9.17) is 0 Å². The molecule has 0 bridgehead atoms. The predicted molar refractivity (Wildman–Crippen MR) is 97.5 cm³/mol. The number of rotatable bonds is 2. The second-order valence-corrected chi connectivity index (χ2v) is 7.56. The summed E-state index contributed by atoms with van der Waals surface area (Å²) in [6.07, 6.45) is 1.77. The van der Waals surface area contributed by atoms with Crippen molar-refractivity contribution in [1.82, 2.24) is 14.9 Å². The lowest BCUT2D eigenvalue weighted by atomic mass is 10.1. The van der Waals surface area contributed by atoms with Crippen molar-refractivity contribution in [2.24, 2.45) is 0 Å². The fourth-order valence-corrected chi connectivity index (χ4v) is 4.09. The van der Waals surface area contributed by atoms with Gasteiger partial charge in [-0.2, -0.15) is 0 Å². The zero-order chi connectivity index (χ0) is 16.8. The molecule has 2 aromatic heterocycles. The number of nitrogens with zero attached hydrogens (tertiary/aromatic N) is 2. The third-order valence-electron chi connectivity index (χ3n) is 3.83. The summed E-state index contributed by atoms with van der Waals surface area (Å²) in [4.78, 5) is 28.1. The highest BCUT2D eigenvalue weighted by Crippen LogP contribution is 2.31. The molecule has 0 saturated carbocycles. The number of fused-ring (bicyclic) bond motifs is 1. The summed E-state index contributed by atoms with van der Waals surface area (Å²) in [6, 6.07) is 8.01. The molecule has 0 atom stereocenters. The van der Waals surface area contributed by atoms with E-state index >= 15 is 0 Å². The van der Waals surface area contributed by atoms with Crippen LogP contribution in [0.4, 0.5) is 4.79 Å². The molecule has 1 aliphatic rings. The van der Waals surface area contributed by atoms with Gasteiger partial charge in [-0.3, -0.25) is 19.5 Å². The molecule has 0 unspecified atom stereocenters. The smallest absolute Gasteiger partial charge is 0.290 e. The number of aryl methyl sites for hydroxylation is 2. The normalized spacial score (nSPS) is 16.3. The van der Waals surface area contributed by atoms with Crippen molar-refractivity contribution in [2.75, 3.05) is 0 Å². The zero-order valence-electron chi connectivity index (χ0n) is 13.0. The quantitative estimate of drug-likeness (QED) is 0.705. The predicted octanol–water partition coefficient (Wildman–Crippen LogP) is 4.03. The molecule has 0 aliphatic carbocycles. The maximum Gasteiger partial charge on any atom is 0.290 e. The molecule has 2 amide bonds. The average molecular weight is 355 g/mol. The number of nitrogens with one attached hydrogen (secondary N) is 1. The van der Waals surface area contributed by atoms with Gasteiger partial charge in [0.05, 0.1) is 15.4 Å². The van der Waals surface area contributed by atoms with Crippen LogP contribution < -0.4 is 5.32 Å². The monoisotopic (exact) mass is 355 g/mol. The minimum atomic E-state index is -0.340. The standard InChI is InChI=1S/C17H13N3O2S2/c1-9-6-12-11(7-14-16(21)19-17(22)24-14)4-3-5-13(12)20(9)15-8-23-10(2)18-15/h3-8H,1-2H3,(H,19,21,22). The highest BCUT2D eigenvalue weighted by molar-refractivity contribution is 8.18. The first-order valence-corrected chi connectivity index (χ1v) is 9.01. The van der Waals surface area contributed by atoms with Crippen LogP contribution in [0, 0.1) is 13.8 Å². The number of imide groups is 1. The second-order valence-electron chi connectivity index (χ2n) is 5.48. The van der Waals surface area contributed by atoms with Crippen LogP contribution in [0.15, 0.2) is 34.6 Å². The number of amides is 2. The van der Waals surface area contributed by atoms with E-state index in [2.05, 4.69) is 20.9 Å². The van der Waals surface area contributed by atoms with Crippen molar-refractivity contribution in [3.8, 4) is 5.82 Å². The molecule has 3 aromatic rings. The lowest BCUT2D eigenvalue weighted by Crippen LogP contribution is -2.17. The van der Waals surface area contributed by atoms with Gasteiger partial charge in [-0.25, -0.2) is 4.98 Å². The Morgan fingerprint density at radius 3 is 2.75 bits per heavy atom. The molecule has 24 heavy (non-hydrogen) atoms. The van der Waals surface area contributed by atoms with Crippen LogP contribution in [0.2, 0.25) is 0 Å². The van der Waals surface area contributed by atoms with E-state index in [-0.39, 0.29) is 11.1 Å². The minimum absolute atomic E-state index is 0.329. The topological polar surface area (TPSA) is 64.0 Å². The first-order chi connectivity index (χ1) is 11.5. The molecule has 120 valence electrons. The van der Waals surface area contributed by atoms with Crippen LogP contribution in [0.25, 0.3) is 22.8 Å². The van der Waals surface area contributed by atoms with Crippen molar-refractivity contribution in [2.45, 2.75) is 13.8 Å². The molecule has 5 nitrogen and oxygen atoms in total. The molecule has 7 heteroatoms. The SMILES string of the molecule is Cc1nc(-n2c(C)cc3c(C=C4SC(=O)NC4=O)cccc32)cs1. The number of carbonyl (C=O) groups is 2. The molecule has 1 N–H and O–H groups in total. The van der Waals surface area contributed by atoms with E-state index in [1.165, 1.54) is 0 Å². The highest BCUT2D eigenvalue weighted by Gasteiger charge is 2.25. The Bertz CT molecular complexity index is 1030. The number of thioether (sulfide) groups is 1. The van der Waals surface area contributed by atoms with Crippen molar-refractivity contribution in [3.05, 3.63) is 50.8 Å². The maximum atomic E-state index is 11.8. The summed E-state index contributed by atoms with van der Waals surface area (Å²) in [5, 5.41) is 6.03. The van der Waals surface area contributed by atoms with Gasteiger partial charge in [0, 0.05) is 16.5 Å². The molecule has 0 radical (unpaired) electrons. The van der Waals surface area contributed by atoms with E-state index in [9.17, 15) is 9.59 Å². The Labute approximate surface area is 146 Å². The third-order valence-corrected chi connectivity index (χ3v) is 5.40. The molecule has 1 aromatic carbocycles. The van der Waals surface area contributed by atoms with Gasteiger partial charge < -0.3 is 0 Å². The van der Waals surface area contributed by atoms with Gasteiger partial charge in [-0.05, 0) is 49.4 Å². The van der Waals surface area contributed by atoms with Gasteiger partial charge in [0.1, 0.15) is 5.82 Å². The van der Waals surface area contributed by atoms with E-state index < -0.39 is 0 Å². The largest absolute Gasteiger partial charge is 0.298 e. The summed E-state index contributed by atoms with van der Waals surface area (Å²) in [6.45, 7) is 4.02. The number of thiazole rings is 1. The molecule has 1 aliphatic heterocycles. The fourth-order valence-electron chi connectivity index (χ4n) is 2.83. The molecule has 1 fully saturated rings. The first kappa shape index (κ1) is 15.2. The van der Waals surface area contributed by atoms with Crippen LogP contribution >= 0.6 is 23.1 Å². The number of carbonyl (C=O) groups excluding carboxylic acids is 2. The van der Waals surface area contributed by atoms with Gasteiger partial charge in [0.25, 0.3) is 11.1 Å². The summed E-state index contributed by atoms with van der Waals surface area (Å²) in [5.74, 6) is 0.561. The molecule has 0 spiro atoms. The highest BCUT2D eigenvalue weighted by atomic mass is 32.2. The molecular formula is C17H13N3O2S2. The Balaban J connectivity index is 1.89. The minimum Gasteiger partial charge on any atom is -0.298 e. The van der Waals surface area contributed by atoms with Gasteiger partial charge in [-0.15, -0.1) is 11.3 Å². The first-order valence-electron chi connectivity index (χ1n) is 7.31. The van der Waals surface area contributed by atoms with E-state index in [0.717, 1.165) is 44.7 Å². The summed E-state index contributed by atoms with van der Waals surface area (Å²) < 4.78 is 2.11. The van der Waals surface area contributed by atoms with Crippen LogP contribution in [-0.2, 0) is 4.79 Å². The molecule has 3 heterocycles. The van der Waals surface area contributed by atoms with Crippen molar-refractivity contribution in [1.29, 1.82) is 0 Å². The number of aromatic nitrogens is 2. The van der Waals surface area contributed by atoms with Crippen LogP contribution in [-0.4, -0.2) is 20.7 Å². The molecule has 1 saturated heterocycles. The molecular weight excluding hydrogens is 342 g/mol. The second kappa shape index (κ2) is 5.61. The van der Waals surface area contributed by atoms with Crippen LogP contribution in [0.1, 0.15) is 16.3 Å². The van der Waals surface area contributed by atoms with Crippen molar-refractivity contribution < 1.29 is 9.59 Å². The lowest BCUT2D eigenvalue weighted by molar-refractivity contribution is -0.115. The Kier molecular flexibility index (Phi) is 3.54. The number of hydrogen-bond donors (Lipinski definition) is 1. The Hall–Kier alpha value is -2.38. The van der Waals surface area contributed by atoms with E-state index in [0.29, 0.717) is 4.91 Å². The summed E-state index contributed by atoms with van der Waals surface area (Å²) in [7, 11) is 0. The van der Waals surface area contributed by atoms with Crippen molar-refractivity contribution >= 4 is 51.2 Å². The number of hydrogen-bond acceptors (Lipinski definition) is 5. The van der Waals surface area contributed by atoms with Crippen molar-refractivity contribution in [3.63, 3.8) is 0 Å². The lowest BCUT2D eigenvalue weighted by Gasteiger charge is -2.05. The summed E-state index contributed by atoms with van der Waals surface area (Å²) in [5.41, 5.74) is 3.01. The number of benzene rings is 1. The van der Waals surface area contributed by atoms with Crippen LogP contribution in [0.5, 0.6) is 0 Å². The van der Waals surface area contributed by atoms with Crippen LogP contribution in [0.3, 0.4) is 0 Å². The van der Waals surface area contributed by atoms with E-state index in [1.54, 1.807) is 17.4 Å². The van der Waals surface area contributed by atoms with Gasteiger partial charge in [0.2, 0.25) is 0 Å². The average Bonchev–Trinajstić information content (AvgIpc) is 3.17. The third kappa shape index (κ3) is 2.46. The van der Waals surface area contributed by atoms with Gasteiger partial charge in [0.15, 0.2) is 0 Å². The fraction of sp³-hybridized carbons (Fsp3) is 0.118. The van der Waals surface area contributed by atoms with Gasteiger partial charge >= 0.3 is 0 Å². The maximum absolute atomic E-state index is 11.8. The Morgan fingerprint density at radius 2 is 2.08 bits per heavy atom. The van der Waals surface area contributed by atoms with E-state index in [1.807, 2.05) is 37.4 Å². The summed E-state index contributed by atoms with van der Waals surface area (Å²) >= 11 is 2.54. The zero-order valence-corrected chi connectivity index (χ0v) is 14.6. The Morgan fingerprint density at radius 1 is 1.25 bits per heavy atom. The van der Waals surface area contributed by atoms with Gasteiger partial charge in [-0.1, -0.05) is 12.1 Å². The molecule has 4 rings (SSSR count).